The Kier molecular flexibility index (Phi) is 7.69. The normalized spacial score (nSPS) is 13.7. The van der Waals surface area contributed by atoms with Gasteiger partial charge >= 0.3 is 11.9 Å². The Hall–Kier alpha value is -1.63. The van der Waals surface area contributed by atoms with E-state index < -0.39 is 29.9 Å². The molecule has 2 unspecified atom stereocenters. The molecule has 1 amide bonds. The van der Waals surface area contributed by atoms with Crippen LogP contribution < -0.4 is 11.1 Å². The minimum atomic E-state index is -1.26. The van der Waals surface area contributed by atoms with E-state index in [9.17, 15) is 14.4 Å². The molecule has 0 rings (SSSR count). The van der Waals surface area contributed by atoms with Gasteiger partial charge in [-0.15, -0.1) is 0 Å². The lowest BCUT2D eigenvalue weighted by atomic mass is 10.1. The third kappa shape index (κ3) is 6.85. The van der Waals surface area contributed by atoms with Crippen molar-refractivity contribution in [2.75, 3.05) is 0 Å². The van der Waals surface area contributed by atoms with Crippen LogP contribution in [0.25, 0.3) is 0 Å². The number of nitrogens with one attached hydrogen (secondary N) is 1. The molecule has 2 atom stereocenters. The molecular weight excluding hydrogens is 240 g/mol. The summed E-state index contributed by atoms with van der Waals surface area (Å²) in [5, 5.41) is 19.6. The molecule has 0 aromatic heterocycles. The van der Waals surface area contributed by atoms with Crippen molar-refractivity contribution < 1.29 is 24.6 Å². The van der Waals surface area contributed by atoms with Crippen molar-refractivity contribution in [1.82, 2.24) is 5.32 Å². The maximum absolute atomic E-state index is 11.6. The summed E-state index contributed by atoms with van der Waals surface area (Å²) in [6.07, 6.45) is 1.68. The highest BCUT2D eigenvalue weighted by Crippen LogP contribution is 2.02. The number of nitrogens with two attached hydrogens (primary N) is 1. The Morgan fingerprint density at radius 1 is 1.22 bits per heavy atom. The van der Waals surface area contributed by atoms with E-state index >= 15 is 0 Å². The topological polar surface area (TPSA) is 130 Å². The second-order valence-corrected chi connectivity index (χ2v) is 4.08. The molecule has 0 radical (unpaired) electrons. The predicted octanol–water partition coefficient (Wildman–Crippen LogP) is -0.0619. The van der Waals surface area contributed by atoms with Crippen molar-refractivity contribution in [3.63, 3.8) is 0 Å². The Labute approximate surface area is 105 Å². The van der Waals surface area contributed by atoms with Gasteiger partial charge in [-0.2, -0.15) is 0 Å². The van der Waals surface area contributed by atoms with E-state index in [1.54, 1.807) is 0 Å². The van der Waals surface area contributed by atoms with Crippen LogP contribution in [0.15, 0.2) is 0 Å². The third-order valence-electron chi connectivity index (χ3n) is 2.47. The van der Waals surface area contributed by atoms with Crippen LogP contribution in [-0.4, -0.2) is 40.1 Å². The number of carbonyl (C=O) groups is 3. The Bertz CT molecular complexity index is 306. The smallest absolute Gasteiger partial charge is 0.326 e. The van der Waals surface area contributed by atoms with Crippen molar-refractivity contribution >= 4 is 17.8 Å². The molecule has 5 N–H and O–H groups in total. The van der Waals surface area contributed by atoms with Crippen molar-refractivity contribution in [3.05, 3.63) is 0 Å². The molecular formula is C11H20N2O5. The van der Waals surface area contributed by atoms with Gasteiger partial charge in [0.25, 0.3) is 0 Å². The fraction of sp³-hybridized carbons (Fsp3) is 0.727. The van der Waals surface area contributed by atoms with E-state index in [2.05, 4.69) is 5.32 Å². The molecule has 0 aliphatic rings. The van der Waals surface area contributed by atoms with Crippen LogP contribution in [0.3, 0.4) is 0 Å². The van der Waals surface area contributed by atoms with Crippen molar-refractivity contribution in [3.8, 4) is 0 Å². The lowest BCUT2D eigenvalue weighted by Crippen LogP contribution is -2.48. The second-order valence-electron chi connectivity index (χ2n) is 4.08. The zero-order chi connectivity index (χ0) is 14.1. The van der Waals surface area contributed by atoms with E-state index in [4.69, 9.17) is 15.9 Å². The summed E-state index contributed by atoms with van der Waals surface area (Å²) in [5.41, 5.74) is 5.59. The van der Waals surface area contributed by atoms with Gasteiger partial charge in [-0.25, -0.2) is 4.79 Å². The fourth-order valence-corrected chi connectivity index (χ4v) is 1.36. The number of hydrogen-bond acceptors (Lipinski definition) is 4. The Morgan fingerprint density at radius 3 is 2.28 bits per heavy atom. The van der Waals surface area contributed by atoms with E-state index in [1.165, 1.54) is 0 Å². The lowest BCUT2D eigenvalue weighted by Gasteiger charge is -2.17. The zero-order valence-corrected chi connectivity index (χ0v) is 10.4. The zero-order valence-electron chi connectivity index (χ0n) is 10.4. The largest absolute Gasteiger partial charge is 0.481 e. The molecule has 0 aliphatic heterocycles. The number of unbranched alkanes of at least 4 members (excludes halogenated alkanes) is 1. The van der Waals surface area contributed by atoms with Gasteiger partial charge in [-0.3, -0.25) is 9.59 Å². The number of carboxylic acid groups (broad SMARTS) is 2. The van der Waals surface area contributed by atoms with Gasteiger partial charge in [0.05, 0.1) is 6.04 Å². The summed E-state index contributed by atoms with van der Waals surface area (Å²) in [6.45, 7) is 1.96. The predicted molar refractivity (Wildman–Crippen MR) is 63.9 cm³/mol. The highest BCUT2D eigenvalue weighted by atomic mass is 16.4. The van der Waals surface area contributed by atoms with Crippen molar-refractivity contribution in [1.29, 1.82) is 0 Å². The first-order valence-corrected chi connectivity index (χ1v) is 5.89. The van der Waals surface area contributed by atoms with Gasteiger partial charge < -0.3 is 21.3 Å². The van der Waals surface area contributed by atoms with Crippen LogP contribution in [-0.2, 0) is 14.4 Å². The van der Waals surface area contributed by atoms with Crippen LogP contribution >= 0.6 is 0 Å². The summed E-state index contributed by atoms with van der Waals surface area (Å²) in [6, 6.07) is -1.96. The van der Waals surface area contributed by atoms with Gasteiger partial charge in [0.1, 0.15) is 6.04 Å². The molecule has 0 bridgehead atoms. The van der Waals surface area contributed by atoms with Crippen molar-refractivity contribution in [2.24, 2.45) is 5.73 Å². The second kappa shape index (κ2) is 8.46. The SMILES string of the molecule is CCCCC(N)C(=O)NC(CCC(=O)O)C(=O)O. The van der Waals surface area contributed by atoms with Crippen LogP contribution in [0.2, 0.25) is 0 Å². The number of carboxylic acids is 2. The van der Waals surface area contributed by atoms with Crippen LogP contribution in [0.4, 0.5) is 0 Å². The van der Waals surface area contributed by atoms with Crippen LogP contribution in [0.1, 0.15) is 39.0 Å². The van der Waals surface area contributed by atoms with E-state index in [1.807, 2.05) is 6.92 Å². The molecule has 104 valence electrons. The minimum Gasteiger partial charge on any atom is -0.481 e. The fourth-order valence-electron chi connectivity index (χ4n) is 1.36. The van der Waals surface area contributed by atoms with E-state index in [-0.39, 0.29) is 12.8 Å². The number of hydrogen-bond donors (Lipinski definition) is 4. The molecule has 0 saturated heterocycles. The summed E-state index contributed by atoms with van der Waals surface area (Å²) in [7, 11) is 0. The van der Waals surface area contributed by atoms with Gasteiger partial charge in [-0.05, 0) is 12.8 Å². The molecule has 0 aliphatic carbocycles. The van der Waals surface area contributed by atoms with Crippen LogP contribution in [0.5, 0.6) is 0 Å². The van der Waals surface area contributed by atoms with E-state index in [0.29, 0.717) is 6.42 Å². The summed E-state index contributed by atoms with van der Waals surface area (Å²) < 4.78 is 0. The number of aliphatic carboxylic acids is 2. The Balaban J connectivity index is 4.26. The third-order valence-corrected chi connectivity index (χ3v) is 2.47. The van der Waals surface area contributed by atoms with Crippen LogP contribution in [0, 0.1) is 0 Å². The first kappa shape index (κ1) is 16.4. The van der Waals surface area contributed by atoms with Gasteiger partial charge in [-0.1, -0.05) is 19.8 Å². The van der Waals surface area contributed by atoms with E-state index in [0.717, 1.165) is 12.8 Å². The standard InChI is InChI=1S/C11H20N2O5/c1-2-3-4-7(12)10(16)13-8(11(17)18)5-6-9(14)15/h7-8H,2-6,12H2,1H3,(H,13,16)(H,14,15)(H,17,18). The highest BCUT2D eigenvalue weighted by Gasteiger charge is 2.23. The molecule has 0 aromatic carbocycles. The lowest BCUT2D eigenvalue weighted by molar-refractivity contribution is -0.143. The molecule has 7 heteroatoms. The molecule has 0 saturated carbocycles. The molecule has 0 spiro atoms. The Morgan fingerprint density at radius 2 is 1.83 bits per heavy atom. The van der Waals surface area contributed by atoms with Gasteiger partial charge in [0, 0.05) is 6.42 Å². The summed E-state index contributed by atoms with van der Waals surface area (Å²) in [4.78, 5) is 32.8. The first-order chi connectivity index (χ1) is 8.38. The molecule has 0 aromatic rings. The monoisotopic (exact) mass is 260 g/mol. The summed E-state index contributed by atoms with van der Waals surface area (Å²) in [5.74, 6) is -2.92. The van der Waals surface area contributed by atoms with Gasteiger partial charge in [0.15, 0.2) is 0 Å². The quantitative estimate of drug-likeness (QED) is 0.459. The maximum Gasteiger partial charge on any atom is 0.326 e. The van der Waals surface area contributed by atoms with Crippen molar-refractivity contribution in [2.45, 2.75) is 51.1 Å². The molecule has 7 nitrogen and oxygen atoms in total. The van der Waals surface area contributed by atoms with Gasteiger partial charge in [0.2, 0.25) is 5.91 Å². The minimum absolute atomic E-state index is 0.156. The average Bonchev–Trinajstić information content (AvgIpc) is 2.30. The number of amides is 1. The first-order valence-electron chi connectivity index (χ1n) is 5.89. The number of carbonyl (C=O) groups excluding carboxylic acids is 1. The molecule has 0 fully saturated rings. The average molecular weight is 260 g/mol. The molecule has 18 heavy (non-hydrogen) atoms. The maximum atomic E-state index is 11.6. The molecule has 0 heterocycles. The number of rotatable bonds is 9. The highest BCUT2D eigenvalue weighted by molar-refractivity contribution is 5.87. The summed E-state index contributed by atoms with van der Waals surface area (Å²) >= 11 is 0.